The second kappa shape index (κ2) is 8.22. The van der Waals surface area contributed by atoms with Crippen molar-refractivity contribution in [3.63, 3.8) is 0 Å². The number of piperazine rings is 1. The van der Waals surface area contributed by atoms with Crippen molar-refractivity contribution in [3.05, 3.63) is 28.8 Å². The van der Waals surface area contributed by atoms with Gasteiger partial charge < -0.3 is 15.0 Å². The van der Waals surface area contributed by atoms with Crippen LogP contribution in [0.15, 0.2) is 23.1 Å². The minimum Gasteiger partial charge on any atom is -0.376 e. The number of benzene rings is 1. The van der Waals surface area contributed by atoms with Gasteiger partial charge in [0.1, 0.15) is 0 Å². The Morgan fingerprint density at radius 2 is 2.04 bits per heavy atom. The van der Waals surface area contributed by atoms with E-state index in [1.165, 1.54) is 22.5 Å². The summed E-state index contributed by atoms with van der Waals surface area (Å²) in [6, 6.07) is 4.28. The van der Waals surface area contributed by atoms with E-state index in [1.54, 1.807) is 0 Å². The molecule has 2 saturated heterocycles. The van der Waals surface area contributed by atoms with Crippen molar-refractivity contribution in [1.29, 1.82) is 0 Å². The maximum atomic E-state index is 12.9. The largest absolute Gasteiger partial charge is 0.376 e. The highest BCUT2D eigenvalue weighted by molar-refractivity contribution is 7.89. The molecule has 1 aromatic carbocycles. The van der Waals surface area contributed by atoms with Crippen molar-refractivity contribution in [2.75, 3.05) is 46.4 Å². The predicted molar refractivity (Wildman–Crippen MR) is 99.0 cm³/mol. The van der Waals surface area contributed by atoms with Crippen molar-refractivity contribution < 1.29 is 17.9 Å². The molecule has 1 atom stereocenters. The summed E-state index contributed by atoms with van der Waals surface area (Å²) in [6.07, 6.45) is 1.90. The normalized spacial score (nSPS) is 22.5. The lowest BCUT2D eigenvalue weighted by atomic mass is 10.2. The number of carbonyl (C=O) groups excluding carboxylic acids is 1. The third kappa shape index (κ3) is 4.37. The second-order valence-electron chi connectivity index (χ2n) is 6.69. The Bertz CT molecular complexity index is 757. The number of nitrogens with zero attached hydrogens (tertiary/aromatic N) is 2. The quantitative estimate of drug-likeness (QED) is 0.801. The number of hydrogen-bond donors (Lipinski definition) is 1. The van der Waals surface area contributed by atoms with Gasteiger partial charge in [0.05, 0.1) is 21.6 Å². The fourth-order valence-corrected chi connectivity index (χ4v) is 4.78. The van der Waals surface area contributed by atoms with Gasteiger partial charge >= 0.3 is 0 Å². The molecule has 0 radical (unpaired) electrons. The Hall–Kier alpha value is -1.19. The number of carbonyl (C=O) groups is 1. The molecule has 2 heterocycles. The van der Waals surface area contributed by atoms with Crippen LogP contribution in [0.3, 0.4) is 0 Å². The van der Waals surface area contributed by atoms with E-state index in [0.717, 1.165) is 12.8 Å². The van der Waals surface area contributed by atoms with Gasteiger partial charge in [0.2, 0.25) is 10.0 Å². The van der Waals surface area contributed by atoms with E-state index in [9.17, 15) is 13.2 Å². The zero-order chi connectivity index (χ0) is 18.7. The van der Waals surface area contributed by atoms with Gasteiger partial charge in [0.25, 0.3) is 5.91 Å². The zero-order valence-electron chi connectivity index (χ0n) is 14.8. The molecule has 2 aliphatic rings. The van der Waals surface area contributed by atoms with Crippen molar-refractivity contribution in [1.82, 2.24) is 14.5 Å². The topological polar surface area (TPSA) is 79.0 Å². The number of hydrogen-bond acceptors (Lipinski definition) is 5. The molecule has 1 aromatic rings. The highest BCUT2D eigenvalue weighted by atomic mass is 35.5. The van der Waals surface area contributed by atoms with Gasteiger partial charge in [0.15, 0.2) is 0 Å². The van der Waals surface area contributed by atoms with Crippen LogP contribution in [-0.4, -0.2) is 76.0 Å². The van der Waals surface area contributed by atoms with Gasteiger partial charge in [-0.25, -0.2) is 8.42 Å². The molecule has 3 rings (SSSR count). The van der Waals surface area contributed by atoms with Crippen LogP contribution in [0.1, 0.15) is 23.2 Å². The molecule has 144 valence electrons. The summed E-state index contributed by atoms with van der Waals surface area (Å²) >= 11 is 6.13. The van der Waals surface area contributed by atoms with E-state index in [4.69, 9.17) is 16.3 Å². The summed E-state index contributed by atoms with van der Waals surface area (Å²) in [4.78, 5) is 14.6. The molecule has 1 amide bonds. The number of rotatable bonds is 5. The summed E-state index contributed by atoms with van der Waals surface area (Å²) in [6.45, 7) is 3.33. The molecule has 0 aromatic heterocycles. The van der Waals surface area contributed by atoms with Gasteiger partial charge in [-0.05, 0) is 38.1 Å². The van der Waals surface area contributed by atoms with E-state index in [2.05, 4.69) is 10.2 Å². The van der Waals surface area contributed by atoms with Crippen molar-refractivity contribution in [2.24, 2.45) is 0 Å². The molecule has 0 spiro atoms. The van der Waals surface area contributed by atoms with Crippen molar-refractivity contribution in [3.8, 4) is 0 Å². The molecule has 2 fully saturated rings. The maximum Gasteiger partial charge on any atom is 0.252 e. The van der Waals surface area contributed by atoms with Crippen LogP contribution in [0.2, 0.25) is 5.02 Å². The summed E-state index contributed by atoms with van der Waals surface area (Å²) in [5.41, 5.74) is 0.167. The Labute approximate surface area is 159 Å². The molecule has 26 heavy (non-hydrogen) atoms. The first-order valence-electron chi connectivity index (χ1n) is 8.76. The van der Waals surface area contributed by atoms with E-state index >= 15 is 0 Å². The first kappa shape index (κ1) is 19.6. The van der Waals surface area contributed by atoms with Crippen LogP contribution in [0.4, 0.5) is 0 Å². The summed E-state index contributed by atoms with van der Waals surface area (Å²) < 4.78 is 32.6. The lowest BCUT2D eigenvalue weighted by Gasteiger charge is -2.31. The van der Waals surface area contributed by atoms with E-state index in [-0.39, 0.29) is 27.5 Å². The molecule has 0 saturated carbocycles. The van der Waals surface area contributed by atoms with Crippen LogP contribution in [0.5, 0.6) is 0 Å². The van der Waals surface area contributed by atoms with Crippen LogP contribution >= 0.6 is 11.6 Å². The summed E-state index contributed by atoms with van der Waals surface area (Å²) in [5.74, 6) is -0.388. The minimum atomic E-state index is -3.65. The smallest absolute Gasteiger partial charge is 0.252 e. The number of sulfonamides is 1. The minimum absolute atomic E-state index is 0.00924. The highest BCUT2D eigenvalue weighted by Crippen LogP contribution is 2.24. The molecule has 1 N–H and O–H groups in total. The average molecular weight is 402 g/mol. The lowest BCUT2D eigenvalue weighted by molar-refractivity contribution is 0.0857. The van der Waals surface area contributed by atoms with E-state index < -0.39 is 10.0 Å². The van der Waals surface area contributed by atoms with E-state index in [0.29, 0.717) is 39.3 Å². The third-order valence-electron chi connectivity index (χ3n) is 4.80. The van der Waals surface area contributed by atoms with Crippen LogP contribution in [0.25, 0.3) is 0 Å². The van der Waals surface area contributed by atoms with Gasteiger partial charge in [-0.15, -0.1) is 0 Å². The van der Waals surface area contributed by atoms with Gasteiger partial charge in [0, 0.05) is 39.3 Å². The molecular weight excluding hydrogens is 378 g/mol. The lowest BCUT2D eigenvalue weighted by Crippen LogP contribution is -2.47. The summed E-state index contributed by atoms with van der Waals surface area (Å²) in [7, 11) is -1.68. The standard InChI is InChI=1S/C17H24ClN3O4S/c1-20-6-8-21(9-7-20)26(23,24)14-4-5-16(18)15(11-14)17(22)19-12-13-3-2-10-25-13/h4-5,11,13H,2-3,6-10,12H2,1H3,(H,19,22). The molecule has 1 unspecified atom stereocenters. The molecule has 7 nitrogen and oxygen atoms in total. The van der Waals surface area contributed by atoms with Crippen molar-refractivity contribution >= 4 is 27.5 Å². The third-order valence-corrected chi connectivity index (χ3v) is 7.02. The number of ether oxygens (including phenoxy) is 1. The zero-order valence-corrected chi connectivity index (χ0v) is 16.4. The van der Waals surface area contributed by atoms with E-state index in [1.807, 2.05) is 7.05 Å². The maximum absolute atomic E-state index is 12.9. The Morgan fingerprint density at radius 1 is 1.31 bits per heavy atom. The van der Waals surface area contributed by atoms with Crippen LogP contribution < -0.4 is 5.32 Å². The van der Waals surface area contributed by atoms with Gasteiger partial charge in [-0.1, -0.05) is 11.6 Å². The van der Waals surface area contributed by atoms with Crippen molar-refractivity contribution in [2.45, 2.75) is 23.8 Å². The summed E-state index contributed by atoms with van der Waals surface area (Å²) in [5, 5.41) is 3.01. The molecule has 0 bridgehead atoms. The number of likely N-dealkylation sites (N-methyl/N-ethyl adjacent to an activating group) is 1. The monoisotopic (exact) mass is 401 g/mol. The highest BCUT2D eigenvalue weighted by Gasteiger charge is 2.28. The molecular formula is C17H24ClN3O4S. The first-order chi connectivity index (χ1) is 12.4. The molecule has 0 aliphatic carbocycles. The fraction of sp³-hybridized carbons (Fsp3) is 0.588. The fourth-order valence-electron chi connectivity index (χ4n) is 3.12. The number of halogens is 1. The van der Waals surface area contributed by atoms with Gasteiger partial charge in [-0.2, -0.15) is 4.31 Å². The number of nitrogens with one attached hydrogen (secondary N) is 1. The predicted octanol–water partition coefficient (Wildman–Crippen LogP) is 1.18. The number of amides is 1. The average Bonchev–Trinajstić information content (AvgIpc) is 3.14. The second-order valence-corrected chi connectivity index (χ2v) is 9.04. The Morgan fingerprint density at radius 3 is 2.69 bits per heavy atom. The SMILES string of the molecule is CN1CCN(S(=O)(=O)c2ccc(Cl)c(C(=O)NCC3CCCO3)c2)CC1. The van der Waals surface area contributed by atoms with Crippen LogP contribution in [-0.2, 0) is 14.8 Å². The Kier molecular flexibility index (Phi) is 6.19. The first-order valence-corrected chi connectivity index (χ1v) is 10.6. The Balaban J connectivity index is 1.74. The molecule has 2 aliphatic heterocycles. The van der Waals surface area contributed by atoms with Crippen LogP contribution in [0, 0.1) is 0 Å². The van der Waals surface area contributed by atoms with Gasteiger partial charge in [-0.3, -0.25) is 4.79 Å². The molecule has 9 heteroatoms.